The predicted octanol–water partition coefficient (Wildman–Crippen LogP) is 2.44. The van der Waals surface area contributed by atoms with E-state index >= 15 is 0 Å². The lowest BCUT2D eigenvalue weighted by atomic mass is 10.1. The molecule has 1 saturated heterocycles. The van der Waals surface area contributed by atoms with Gasteiger partial charge in [0.1, 0.15) is 17.5 Å². The van der Waals surface area contributed by atoms with Gasteiger partial charge < -0.3 is 20.2 Å². The number of aliphatic imine (C=N–C) groups is 1. The van der Waals surface area contributed by atoms with Gasteiger partial charge in [0.2, 0.25) is 6.08 Å². The van der Waals surface area contributed by atoms with Crippen LogP contribution >= 0.6 is 0 Å². The summed E-state index contributed by atoms with van der Waals surface area (Å²) in [5, 5.41) is 12.2. The summed E-state index contributed by atoms with van der Waals surface area (Å²) in [5.41, 5.74) is 1.74. The fourth-order valence-electron chi connectivity index (χ4n) is 3.22. The summed E-state index contributed by atoms with van der Waals surface area (Å²) in [6.45, 7) is 1.92. The zero-order chi connectivity index (χ0) is 21.6. The van der Waals surface area contributed by atoms with Crippen LogP contribution in [-0.2, 0) is 4.79 Å². The molecule has 31 heavy (non-hydrogen) atoms. The van der Waals surface area contributed by atoms with E-state index in [4.69, 9.17) is 5.11 Å². The van der Waals surface area contributed by atoms with Crippen molar-refractivity contribution in [1.82, 2.24) is 24.8 Å². The summed E-state index contributed by atoms with van der Waals surface area (Å²) in [4.78, 5) is 46.2. The van der Waals surface area contributed by atoms with E-state index in [1.807, 2.05) is 11.0 Å². The first-order valence-corrected chi connectivity index (χ1v) is 9.44. The lowest BCUT2D eigenvalue weighted by Gasteiger charge is -2.33. The van der Waals surface area contributed by atoms with E-state index in [2.05, 4.69) is 30.2 Å². The third-order valence-electron chi connectivity index (χ3n) is 4.72. The molecule has 1 aliphatic heterocycles. The number of carbonyl (C=O) groups excluding carboxylic acids is 1. The van der Waals surface area contributed by atoms with Gasteiger partial charge in [-0.3, -0.25) is 4.98 Å². The first kappa shape index (κ1) is 19.9. The van der Waals surface area contributed by atoms with Crippen molar-refractivity contribution < 1.29 is 14.7 Å². The van der Waals surface area contributed by atoms with Gasteiger partial charge in [-0.1, -0.05) is 0 Å². The number of isocyanates is 1. The number of nitrogens with one attached hydrogen (secondary N) is 1. The Morgan fingerprint density at radius 2 is 1.90 bits per heavy atom. The van der Waals surface area contributed by atoms with Gasteiger partial charge in [0.05, 0.1) is 17.6 Å². The topological polar surface area (TPSA) is 137 Å². The fourth-order valence-corrected chi connectivity index (χ4v) is 3.22. The molecule has 0 unspecified atom stereocenters. The molecule has 4 rings (SSSR count). The minimum absolute atomic E-state index is 0.389. The molecule has 1 aliphatic rings. The first-order valence-electron chi connectivity index (χ1n) is 9.44. The SMILES string of the molecule is O=C=Nc1cc(Nc2cnccn2)nc(-c2ccnc(N3CCN(C(=O)O)CC3)c2)c1. The molecule has 3 aromatic rings. The van der Waals surface area contributed by atoms with E-state index in [-0.39, 0.29) is 0 Å². The Balaban J connectivity index is 1.62. The molecule has 0 spiro atoms. The Morgan fingerprint density at radius 3 is 2.61 bits per heavy atom. The van der Waals surface area contributed by atoms with Crippen LogP contribution in [0.2, 0.25) is 0 Å². The average molecular weight is 418 g/mol. The summed E-state index contributed by atoms with van der Waals surface area (Å²) in [6.07, 6.45) is 6.97. The number of nitrogens with zero attached hydrogens (tertiary/aromatic N) is 7. The third kappa shape index (κ3) is 4.80. The van der Waals surface area contributed by atoms with Gasteiger partial charge in [0.25, 0.3) is 0 Å². The van der Waals surface area contributed by atoms with Gasteiger partial charge in [0.15, 0.2) is 0 Å². The summed E-state index contributed by atoms with van der Waals surface area (Å²) in [7, 11) is 0. The highest BCUT2D eigenvalue weighted by molar-refractivity contribution is 5.71. The maximum atomic E-state index is 11.1. The normalized spacial score (nSPS) is 13.4. The second kappa shape index (κ2) is 8.97. The first-order chi connectivity index (χ1) is 15.1. The van der Waals surface area contributed by atoms with Crippen molar-refractivity contribution in [2.45, 2.75) is 0 Å². The van der Waals surface area contributed by atoms with Gasteiger partial charge in [-0.25, -0.2) is 24.5 Å². The Bertz CT molecular complexity index is 1130. The average Bonchev–Trinajstić information content (AvgIpc) is 2.80. The van der Waals surface area contributed by atoms with Crippen LogP contribution in [0, 0.1) is 0 Å². The Labute approximate surface area is 177 Å². The maximum Gasteiger partial charge on any atom is 0.407 e. The Kier molecular flexibility index (Phi) is 5.77. The molecule has 4 heterocycles. The van der Waals surface area contributed by atoms with Crippen molar-refractivity contribution in [2.75, 3.05) is 36.4 Å². The quantitative estimate of drug-likeness (QED) is 0.473. The molecule has 156 valence electrons. The van der Waals surface area contributed by atoms with Crippen molar-refractivity contribution in [2.24, 2.45) is 4.99 Å². The van der Waals surface area contributed by atoms with E-state index < -0.39 is 6.09 Å². The number of pyridine rings is 2. The molecule has 0 saturated carbocycles. The van der Waals surface area contributed by atoms with Crippen molar-refractivity contribution >= 4 is 35.3 Å². The smallest absolute Gasteiger partial charge is 0.407 e. The zero-order valence-electron chi connectivity index (χ0n) is 16.3. The molecular weight excluding hydrogens is 400 g/mol. The Morgan fingerprint density at radius 1 is 1.06 bits per heavy atom. The van der Waals surface area contributed by atoms with Crippen LogP contribution in [0.5, 0.6) is 0 Å². The van der Waals surface area contributed by atoms with Crippen LogP contribution in [0.4, 0.5) is 27.9 Å². The van der Waals surface area contributed by atoms with Gasteiger partial charge >= 0.3 is 6.09 Å². The van der Waals surface area contributed by atoms with E-state index in [1.165, 1.54) is 4.90 Å². The molecule has 1 amide bonds. The van der Waals surface area contributed by atoms with E-state index in [1.54, 1.807) is 49.1 Å². The van der Waals surface area contributed by atoms with E-state index in [0.717, 1.165) is 11.4 Å². The lowest BCUT2D eigenvalue weighted by molar-refractivity contribution is 0.142. The largest absolute Gasteiger partial charge is 0.465 e. The van der Waals surface area contributed by atoms with Crippen molar-refractivity contribution in [3.05, 3.63) is 49.1 Å². The minimum atomic E-state index is -0.916. The van der Waals surface area contributed by atoms with Gasteiger partial charge in [-0.15, -0.1) is 0 Å². The predicted molar refractivity (Wildman–Crippen MR) is 112 cm³/mol. The van der Waals surface area contributed by atoms with Crippen LogP contribution in [0.1, 0.15) is 0 Å². The van der Waals surface area contributed by atoms with Gasteiger partial charge in [-0.05, 0) is 18.2 Å². The second-order valence-corrected chi connectivity index (χ2v) is 6.67. The molecule has 0 aromatic carbocycles. The molecular formula is C20H18N8O3. The molecule has 2 N–H and O–H groups in total. The molecule has 11 heteroatoms. The van der Waals surface area contributed by atoms with Crippen molar-refractivity contribution in [1.29, 1.82) is 0 Å². The molecule has 1 fully saturated rings. The number of carboxylic acid groups (broad SMARTS) is 1. The zero-order valence-corrected chi connectivity index (χ0v) is 16.3. The molecule has 0 bridgehead atoms. The molecule has 0 radical (unpaired) electrons. The number of amides is 1. The van der Waals surface area contributed by atoms with Crippen LogP contribution in [0.15, 0.2) is 54.0 Å². The van der Waals surface area contributed by atoms with Crippen LogP contribution in [-0.4, -0.2) is 68.3 Å². The number of aromatic nitrogens is 4. The number of rotatable bonds is 5. The highest BCUT2D eigenvalue weighted by Gasteiger charge is 2.21. The molecule has 11 nitrogen and oxygen atoms in total. The second-order valence-electron chi connectivity index (χ2n) is 6.67. The highest BCUT2D eigenvalue weighted by atomic mass is 16.4. The number of piperazine rings is 1. The fraction of sp³-hybridized carbons (Fsp3) is 0.200. The highest BCUT2D eigenvalue weighted by Crippen LogP contribution is 2.28. The Hall–Kier alpha value is -4.37. The van der Waals surface area contributed by atoms with E-state index in [9.17, 15) is 9.59 Å². The van der Waals surface area contributed by atoms with Crippen LogP contribution < -0.4 is 10.2 Å². The third-order valence-corrected chi connectivity index (χ3v) is 4.72. The lowest BCUT2D eigenvalue weighted by Crippen LogP contribution is -2.48. The number of carbonyl (C=O) groups is 1. The van der Waals surface area contributed by atoms with E-state index in [0.29, 0.717) is 49.2 Å². The maximum absolute atomic E-state index is 11.1. The van der Waals surface area contributed by atoms with Crippen molar-refractivity contribution in [3.63, 3.8) is 0 Å². The molecule has 0 atom stereocenters. The minimum Gasteiger partial charge on any atom is -0.465 e. The summed E-state index contributed by atoms with van der Waals surface area (Å²) >= 11 is 0. The van der Waals surface area contributed by atoms with Gasteiger partial charge in [-0.2, -0.15) is 4.99 Å². The van der Waals surface area contributed by atoms with Gasteiger partial charge in [0, 0.05) is 56.4 Å². The van der Waals surface area contributed by atoms with Crippen LogP contribution in [0.25, 0.3) is 11.3 Å². The number of anilines is 3. The van der Waals surface area contributed by atoms with Crippen LogP contribution in [0.3, 0.4) is 0 Å². The number of hydrogen-bond donors (Lipinski definition) is 2. The molecule has 3 aromatic heterocycles. The summed E-state index contributed by atoms with van der Waals surface area (Å²) in [6, 6.07) is 6.96. The standard InChI is InChI=1S/C20H18N8O3/c29-13-24-15-10-16(25-17(11-15)26-18-12-21-3-4-22-18)14-1-2-23-19(9-14)27-5-7-28(8-6-27)20(30)31/h1-4,9-12H,5-8H2,(H,30,31)(H,22,25,26). The number of hydrogen-bond acceptors (Lipinski definition) is 9. The molecule has 0 aliphatic carbocycles. The summed E-state index contributed by atoms with van der Waals surface area (Å²) in [5.74, 6) is 1.66. The summed E-state index contributed by atoms with van der Waals surface area (Å²) < 4.78 is 0. The monoisotopic (exact) mass is 418 g/mol. The van der Waals surface area contributed by atoms with Crippen molar-refractivity contribution in [3.8, 4) is 11.3 Å².